The number of aromatic nitrogens is 1. The highest BCUT2D eigenvalue weighted by Crippen LogP contribution is 2.23. The Bertz CT molecular complexity index is 975. The summed E-state index contributed by atoms with van der Waals surface area (Å²) in [7, 11) is 0. The van der Waals surface area contributed by atoms with E-state index >= 15 is 0 Å². The van der Waals surface area contributed by atoms with Crippen LogP contribution in [0.1, 0.15) is 27.3 Å². The van der Waals surface area contributed by atoms with Crippen LogP contribution < -0.4 is 5.43 Å². The predicted octanol–water partition coefficient (Wildman–Crippen LogP) is 4.84. The average molecular weight is 459 g/mol. The number of para-hydroxylation sites is 1. The highest BCUT2D eigenvalue weighted by atomic mass is 127. The molecular weight excluding hydrogens is 441 g/mol. The smallest absolute Gasteiger partial charge is 0.337 e. The zero-order chi connectivity index (χ0) is 18.7. The Morgan fingerprint density at radius 3 is 2.54 bits per heavy atom. The first-order chi connectivity index (χ1) is 12.5. The molecule has 0 aliphatic carbocycles. The third-order valence-electron chi connectivity index (χ3n) is 4.09. The summed E-state index contributed by atoms with van der Waals surface area (Å²) >= 11 is 2.26. The number of benzene rings is 2. The summed E-state index contributed by atoms with van der Waals surface area (Å²) in [5.41, 5.74) is 7.66. The van der Waals surface area contributed by atoms with E-state index in [9.17, 15) is 9.90 Å². The van der Waals surface area contributed by atoms with Crippen LogP contribution in [-0.4, -0.2) is 21.9 Å². The fraction of sp³-hybridized carbons (Fsp3) is 0.100. The number of hydrogen-bond acceptors (Lipinski definition) is 3. The van der Waals surface area contributed by atoms with Crippen LogP contribution in [0.5, 0.6) is 0 Å². The topological polar surface area (TPSA) is 66.6 Å². The van der Waals surface area contributed by atoms with E-state index in [4.69, 9.17) is 0 Å². The number of aryl methyl sites for hydroxylation is 1. The number of carboxylic acid groups (broad SMARTS) is 1. The molecule has 5 nitrogen and oxygen atoms in total. The SMILES string of the molecule is Cc1cc(/C=N\Nc2ccc(I)cc2)c(C)n1-c1ccccc1C(=O)O. The second kappa shape index (κ2) is 7.74. The molecule has 1 aromatic heterocycles. The van der Waals surface area contributed by atoms with E-state index in [0.717, 1.165) is 26.2 Å². The number of aromatic carboxylic acids is 1. The Morgan fingerprint density at radius 1 is 1.15 bits per heavy atom. The van der Waals surface area contributed by atoms with Gasteiger partial charge >= 0.3 is 5.97 Å². The molecule has 132 valence electrons. The predicted molar refractivity (Wildman–Crippen MR) is 113 cm³/mol. The van der Waals surface area contributed by atoms with Crippen molar-refractivity contribution < 1.29 is 9.90 Å². The van der Waals surface area contributed by atoms with Crippen LogP contribution >= 0.6 is 22.6 Å². The van der Waals surface area contributed by atoms with Gasteiger partial charge in [-0.3, -0.25) is 5.43 Å². The molecule has 0 radical (unpaired) electrons. The molecule has 0 amide bonds. The summed E-state index contributed by atoms with van der Waals surface area (Å²) in [6.45, 7) is 3.91. The highest BCUT2D eigenvalue weighted by molar-refractivity contribution is 14.1. The van der Waals surface area contributed by atoms with E-state index in [-0.39, 0.29) is 5.56 Å². The van der Waals surface area contributed by atoms with Gasteiger partial charge in [0.25, 0.3) is 0 Å². The van der Waals surface area contributed by atoms with E-state index in [2.05, 4.69) is 33.1 Å². The zero-order valence-corrected chi connectivity index (χ0v) is 16.6. The van der Waals surface area contributed by atoms with Crippen LogP contribution in [0.15, 0.2) is 59.7 Å². The number of hydrazone groups is 1. The Labute approximate surface area is 165 Å². The van der Waals surface area contributed by atoms with Gasteiger partial charge in [0, 0.05) is 20.5 Å². The first kappa shape index (κ1) is 18.2. The second-order valence-corrected chi connectivity index (χ2v) is 7.11. The molecule has 2 N–H and O–H groups in total. The number of nitrogens with one attached hydrogen (secondary N) is 1. The van der Waals surface area contributed by atoms with Crippen molar-refractivity contribution in [1.29, 1.82) is 0 Å². The molecule has 0 unspecified atom stereocenters. The largest absolute Gasteiger partial charge is 0.478 e. The van der Waals surface area contributed by atoms with E-state index in [0.29, 0.717) is 5.69 Å². The maximum absolute atomic E-state index is 11.5. The van der Waals surface area contributed by atoms with E-state index in [1.165, 1.54) is 0 Å². The Hall–Kier alpha value is -2.61. The molecule has 0 atom stereocenters. The summed E-state index contributed by atoms with van der Waals surface area (Å²) in [5, 5.41) is 13.8. The summed E-state index contributed by atoms with van der Waals surface area (Å²) in [6, 6.07) is 16.9. The molecule has 26 heavy (non-hydrogen) atoms. The van der Waals surface area contributed by atoms with Gasteiger partial charge in [0.05, 0.1) is 23.2 Å². The minimum Gasteiger partial charge on any atom is -0.478 e. The molecule has 0 spiro atoms. The molecular formula is C20H18IN3O2. The molecule has 2 aromatic carbocycles. The molecule has 3 aromatic rings. The Balaban J connectivity index is 1.90. The summed E-state index contributed by atoms with van der Waals surface area (Å²) in [6.07, 6.45) is 1.75. The average Bonchev–Trinajstić information content (AvgIpc) is 2.90. The first-order valence-electron chi connectivity index (χ1n) is 8.03. The van der Waals surface area contributed by atoms with Gasteiger partial charge in [-0.05, 0) is 78.9 Å². The summed E-state index contributed by atoms with van der Waals surface area (Å²) < 4.78 is 3.10. The van der Waals surface area contributed by atoms with Gasteiger partial charge < -0.3 is 9.67 Å². The first-order valence-corrected chi connectivity index (χ1v) is 9.11. The van der Waals surface area contributed by atoms with Gasteiger partial charge in [-0.2, -0.15) is 5.10 Å². The van der Waals surface area contributed by atoms with Crippen molar-refractivity contribution in [2.24, 2.45) is 5.10 Å². The summed E-state index contributed by atoms with van der Waals surface area (Å²) in [5.74, 6) is -0.941. The lowest BCUT2D eigenvalue weighted by Crippen LogP contribution is -2.07. The maximum atomic E-state index is 11.5. The number of carbonyl (C=O) groups is 1. The van der Waals surface area contributed by atoms with Gasteiger partial charge in [0.2, 0.25) is 0 Å². The lowest BCUT2D eigenvalue weighted by atomic mass is 10.1. The molecule has 0 aliphatic heterocycles. The second-order valence-electron chi connectivity index (χ2n) is 5.86. The lowest BCUT2D eigenvalue weighted by Gasteiger charge is -2.12. The standard InChI is InChI=1S/C20H18IN3O2/c1-13-11-15(12-22-23-17-9-7-16(21)8-10-17)14(2)24(13)19-6-4-3-5-18(19)20(25)26/h3-12,23H,1-2H3,(H,25,26)/b22-12-. The highest BCUT2D eigenvalue weighted by Gasteiger charge is 2.15. The van der Waals surface area contributed by atoms with Gasteiger partial charge in [-0.1, -0.05) is 12.1 Å². The normalized spacial score (nSPS) is 11.0. The monoisotopic (exact) mass is 459 g/mol. The number of rotatable bonds is 5. The van der Waals surface area contributed by atoms with Crippen molar-refractivity contribution in [3.05, 3.63) is 80.7 Å². The fourth-order valence-corrected chi connectivity index (χ4v) is 3.20. The van der Waals surface area contributed by atoms with Gasteiger partial charge in [-0.15, -0.1) is 0 Å². The Kier molecular flexibility index (Phi) is 5.41. The lowest BCUT2D eigenvalue weighted by molar-refractivity contribution is 0.0697. The molecule has 0 saturated carbocycles. The van der Waals surface area contributed by atoms with Crippen LogP contribution in [0.3, 0.4) is 0 Å². The van der Waals surface area contributed by atoms with Gasteiger partial charge in [0.15, 0.2) is 0 Å². The molecule has 3 rings (SSSR count). The zero-order valence-electron chi connectivity index (χ0n) is 14.4. The minimum atomic E-state index is -0.941. The van der Waals surface area contributed by atoms with Crippen molar-refractivity contribution in [1.82, 2.24) is 4.57 Å². The van der Waals surface area contributed by atoms with Crippen LogP contribution in [0, 0.1) is 17.4 Å². The number of halogens is 1. The van der Waals surface area contributed by atoms with E-state index in [1.807, 2.05) is 60.9 Å². The molecule has 0 aliphatic rings. The third kappa shape index (κ3) is 3.80. The number of hydrogen-bond donors (Lipinski definition) is 2. The fourth-order valence-electron chi connectivity index (χ4n) is 2.84. The van der Waals surface area contributed by atoms with Crippen molar-refractivity contribution in [2.45, 2.75) is 13.8 Å². The maximum Gasteiger partial charge on any atom is 0.337 e. The molecule has 6 heteroatoms. The van der Waals surface area contributed by atoms with Crippen LogP contribution in [0.25, 0.3) is 5.69 Å². The quantitative estimate of drug-likeness (QED) is 0.326. The molecule has 0 fully saturated rings. The van der Waals surface area contributed by atoms with Crippen LogP contribution in [-0.2, 0) is 0 Å². The van der Waals surface area contributed by atoms with Crippen molar-refractivity contribution in [3.8, 4) is 5.69 Å². The van der Waals surface area contributed by atoms with Crippen molar-refractivity contribution in [2.75, 3.05) is 5.43 Å². The van der Waals surface area contributed by atoms with Crippen molar-refractivity contribution in [3.63, 3.8) is 0 Å². The number of anilines is 1. The number of nitrogens with zero attached hydrogens (tertiary/aromatic N) is 2. The van der Waals surface area contributed by atoms with E-state index in [1.54, 1.807) is 18.3 Å². The van der Waals surface area contributed by atoms with Crippen LogP contribution in [0.2, 0.25) is 0 Å². The van der Waals surface area contributed by atoms with E-state index < -0.39 is 5.97 Å². The van der Waals surface area contributed by atoms with Gasteiger partial charge in [-0.25, -0.2) is 4.79 Å². The van der Waals surface area contributed by atoms with Crippen molar-refractivity contribution >= 4 is 40.5 Å². The summed E-state index contributed by atoms with van der Waals surface area (Å²) in [4.78, 5) is 11.5. The third-order valence-corrected chi connectivity index (χ3v) is 4.81. The minimum absolute atomic E-state index is 0.273. The molecule has 0 saturated heterocycles. The van der Waals surface area contributed by atoms with Gasteiger partial charge in [0.1, 0.15) is 0 Å². The van der Waals surface area contributed by atoms with Crippen LogP contribution in [0.4, 0.5) is 5.69 Å². The number of carboxylic acids is 1. The molecule has 1 heterocycles. The Morgan fingerprint density at radius 2 is 1.85 bits per heavy atom. The molecule has 0 bridgehead atoms.